The molecule has 1 aliphatic rings. The Hall–Kier alpha value is -1.56. The lowest BCUT2D eigenvalue weighted by Gasteiger charge is -2.27. The van der Waals surface area contributed by atoms with Gasteiger partial charge < -0.3 is 10.6 Å². The number of carbonyl (C=O) groups excluding carboxylic acids is 2. The van der Waals surface area contributed by atoms with Gasteiger partial charge in [0.2, 0.25) is 11.8 Å². The molecule has 1 aromatic rings. The van der Waals surface area contributed by atoms with E-state index in [9.17, 15) is 9.59 Å². The summed E-state index contributed by atoms with van der Waals surface area (Å²) in [5.74, 6) is 1.92. The van der Waals surface area contributed by atoms with Crippen LogP contribution in [0.2, 0.25) is 0 Å². The minimum Gasteiger partial charge on any atom is -0.344 e. The van der Waals surface area contributed by atoms with Crippen LogP contribution >= 0.6 is 11.8 Å². The topological polar surface area (TPSA) is 71.1 Å². The van der Waals surface area contributed by atoms with Crippen molar-refractivity contribution in [3.05, 3.63) is 23.9 Å². The number of pyridine rings is 1. The van der Waals surface area contributed by atoms with Crippen LogP contribution in [0.25, 0.3) is 0 Å². The molecule has 0 unspecified atom stereocenters. The van der Waals surface area contributed by atoms with Crippen LogP contribution in [0.5, 0.6) is 0 Å². The van der Waals surface area contributed by atoms with Gasteiger partial charge in [-0.25, -0.2) is 4.98 Å². The molecule has 0 spiro atoms. The molecular formula is C19H29N3O2S. The maximum Gasteiger partial charge on any atom is 0.248 e. The van der Waals surface area contributed by atoms with Crippen molar-refractivity contribution >= 4 is 29.4 Å². The van der Waals surface area contributed by atoms with E-state index < -0.39 is 6.04 Å². The van der Waals surface area contributed by atoms with E-state index in [0.717, 1.165) is 37.1 Å². The largest absolute Gasteiger partial charge is 0.344 e. The van der Waals surface area contributed by atoms with Gasteiger partial charge in [-0.05, 0) is 69.1 Å². The lowest BCUT2D eigenvalue weighted by atomic mass is 9.82. The third kappa shape index (κ3) is 6.34. The van der Waals surface area contributed by atoms with E-state index in [4.69, 9.17) is 0 Å². The number of thioether (sulfide) groups is 1. The SMILES string of the molecule is CSCC[C@@H](NC(=O)C1CCC(C)CC1)C(=O)Nc1cccc(C)n1. The van der Waals surface area contributed by atoms with E-state index in [1.807, 2.05) is 25.3 Å². The summed E-state index contributed by atoms with van der Waals surface area (Å²) in [5, 5.41) is 5.81. The first kappa shape index (κ1) is 19.8. The number of aromatic nitrogens is 1. The summed E-state index contributed by atoms with van der Waals surface area (Å²) in [4.78, 5) is 29.5. The highest BCUT2D eigenvalue weighted by molar-refractivity contribution is 7.98. The molecule has 0 radical (unpaired) electrons. The van der Waals surface area contributed by atoms with Crippen LogP contribution < -0.4 is 10.6 Å². The average Bonchev–Trinajstić information content (AvgIpc) is 2.59. The molecule has 1 heterocycles. The molecule has 1 fully saturated rings. The maximum absolute atomic E-state index is 12.6. The molecule has 1 aromatic heterocycles. The van der Waals surface area contributed by atoms with Gasteiger partial charge in [0.1, 0.15) is 11.9 Å². The number of nitrogens with one attached hydrogen (secondary N) is 2. The first-order valence-electron chi connectivity index (χ1n) is 9.03. The second kappa shape index (κ2) is 9.80. The van der Waals surface area contributed by atoms with Gasteiger partial charge in [0.25, 0.3) is 0 Å². The third-order valence-electron chi connectivity index (χ3n) is 4.77. The van der Waals surface area contributed by atoms with Crippen LogP contribution in [0.15, 0.2) is 18.2 Å². The van der Waals surface area contributed by atoms with Gasteiger partial charge in [0, 0.05) is 11.6 Å². The van der Waals surface area contributed by atoms with Crippen molar-refractivity contribution in [2.45, 2.75) is 52.0 Å². The Morgan fingerprint density at radius 3 is 2.64 bits per heavy atom. The van der Waals surface area contributed by atoms with E-state index in [2.05, 4.69) is 22.5 Å². The lowest BCUT2D eigenvalue weighted by molar-refractivity contribution is -0.130. The molecule has 6 heteroatoms. The fraction of sp³-hybridized carbons (Fsp3) is 0.632. The zero-order chi connectivity index (χ0) is 18.2. The number of anilines is 1. The number of hydrogen-bond donors (Lipinski definition) is 2. The summed E-state index contributed by atoms with van der Waals surface area (Å²) in [7, 11) is 0. The van der Waals surface area contributed by atoms with Crippen LogP contribution in [0.3, 0.4) is 0 Å². The van der Waals surface area contributed by atoms with E-state index in [0.29, 0.717) is 18.2 Å². The zero-order valence-corrected chi connectivity index (χ0v) is 16.2. The van der Waals surface area contributed by atoms with Gasteiger partial charge in [0.15, 0.2) is 0 Å². The van der Waals surface area contributed by atoms with Gasteiger partial charge >= 0.3 is 0 Å². The van der Waals surface area contributed by atoms with E-state index in [1.54, 1.807) is 17.8 Å². The van der Waals surface area contributed by atoms with Crippen LogP contribution in [0.4, 0.5) is 5.82 Å². The van der Waals surface area contributed by atoms with Gasteiger partial charge in [-0.2, -0.15) is 11.8 Å². The van der Waals surface area contributed by atoms with Crippen molar-refractivity contribution in [1.29, 1.82) is 0 Å². The molecule has 2 rings (SSSR count). The molecule has 0 aliphatic heterocycles. The van der Waals surface area contributed by atoms with E-state index >= 15 is 0 Å². The molecule has 2 N–H and O–H groups in total. The minimum absolute atomic E-state index is 0.0188. The summed E-state index contributed by atoms with van der Waals surface area (Å²) in [6.07, 6.45) is 6.64. The number of hydrogen-bond acceptors (Lipinski definition) is 4. The van der Waals surface area contributed by atoms with Crippen molar-refractivity contribution in [1.82, 2.24) is 10.3 Å². The monoisotopic (exact) mass is 363 g/mol. The Morgan fingerprint density at radius 2 is 2.00 bits per heavy atom. The van der Waals surface area contributed by atoms with Crippen LogP contribution in [0.1, 0.15) is 44.7 Å². The fourth-order valence-corrected chi connectivity index (χ4v) is 3.61. The maximum atomic E-state index is 12.6. The highest BCUT2D eigenvalue weighted by Gasteiger charge is 2.28. The molecule has 25 heavy (non-hydrogen) atoms. The molecular weight excluding hydrogens is 334 g/mol. The highest BCUT2D eigenvalue weighted by atomic mass is 32.2. The first-order valence-corrected chi connectivity index (χ1v) is 10.4. The Kier molecular flexibility index (Phi) is 7.75. The summed E-state index contributed by atoms with van der Waals surface area (Å²) in [6, 6.07) is 4.99. The molecule has 1 atom stereocenters. The number of nitrogens with zero attached hydrogens (tertiary/aromatic N) is 1. The summed E-state index contributed by atoms with van der Waals surface area (Å²) in [5.41, 5.74) is 0.846. The van der Waals surface area contributed by atoms with Gasteiger partial charge in [-0.3, -0.25) is 9.59 Å². The summed E-state index contributed by atoms with van der Waals surface area (Å²) < 4.78 is 0. The Balaban J connectivity index is 1.96. The predicted molar refractivity (Wildman–Crippen MR) is 104 cm³/mol. The second-order valence-electron chi connectivity index (χ2n) is 6.95. The second-order valence-corrected chi connectivity index (χ2v) is 7.94. The molecule has 1 saturated carbocycles. The molecule has 2 amide bonds. The standard InChI is InChI=1S/C19H29N3O2S/c1-13-7-9-15(10-8-13)18(23)21-16(11-12-25-3)19(24)22-17-6-4-5-14(2)20-17/h4-6,13,15-16H,7-12H2,1-3H3,(H,21,23)(H,20,22,24)/t13?,15?,16-/m1/s1. The molecule has 138 valence electrons. The Morgan fingerprint density at radius 1 is 1.28 bits per heavy atom. The quantitative estimate of drug-likeness (QED) is 0.779. The zero-order valence-electron chi connectivity index (χ0n) is 15.4. The van der Waals surface area contributed by atoms with Crippen molar-refractivity contribution < 1.29 is 9.59 Å². The third-order valence-corrected chi connectivity index (χ3v) is 5.41. The normalized spacial score (nSPS) is 21.4. The number of rotatable bonds is 7. The fourth-order valence-electron chi connectivity index (χ4n) is 3.14. The van der Waals surface area contributed by atoms with Crippen molar-refractivity contribution in [3.63, 3.8) is 0 Å². The molecule has 5 nitrogen and oxygen atoms in total. The van der Waals surface area contributed by atoms with Gasteiger partial charge in [-0.15, -0.1) is 0 Å². The number of aryl methyl sites for hydroxylation is 1. The van der Waals surface area contributed by atoms with Crippen LogP contribution in [0, 0.1) is 18.8 Å². The van der Waals surface area contributed by atoms with E-state index in [-0.39, 0.29) is 17.7 Å². The van der Waals surface area contributed by atoms with Gasteiger partial charge in [0.05, 0.1) is 0 Å². The van der Waals surface area contributed by atoms with Crippen LogP contribution in [-0.4, -0.2) is 34.8 Å². The smallest absolute Gasteiger partial charge is 0.248 e. The Labute approximate surface area is 154 Å². The summed E-state index contributed by atoms with van der Waals surface area (Å²) in [6.45, 7) is 4.12. The van der Waals surface area contributed by atoms with Crippen molar-refractivity contribution in [3.8, 4) is 0 Å². The molecule has 0 saturated heterocycles. The molecule has 0 bridgehead atoms. The molecule has 1 aliphatic carbocycles. The van der Waals surface area contributed by atoms with Gasteiger partial charge in [-0.1, -0.05) is 13.0 Å². The number of amides is 2. The number of carbonyl (C=O) groups is 2. The predicted octanol–water partition coefficient (Wildman–Crippen LogP) is 3.39. The summed E-state index contributed by atoms with van der Waals surface area (Å²) >= 11 is 1.67. The van der Waals surface area contributed by atoms with Crippen LogP contribution in [-0.2, 0) is 9.59 Å². The Bertz CT molecular complexity index is 586. The van der Waals surface area contributed by atoms with Crippen molar-refractivity contribution in [2.24, 2.45) is 11.8 Å². The average molecular weight is 364 g/mol. The lowest BCUT2D eigenvalue weighted by Crippen LogP contribution is -2.47. The highest BCUT2D eigenvalue weighted by Crippen LogP contribution is 2.28. The first-order chi connectivity index (χ1) is 12.0. The molecule has 0 aromatic carbocycles. The van der Waals surface area contributed by atoms with Crippen molar-refractivity contribution in [2.75, 3.05) is 17.3 Å². The minimum atomic E-state index is -0.512. The van der Waals surface area contributed by atoms with E-state index in [1.165, 1.54) is 0 Å².